The topological polar surface area (TPSA) is 18.4 Å². The lowest BCUT2D eigenvalue weighted by Crippen LogP contribution is -2.51. The van der Waals surface area contributed by atoms with E-state index in [2.05, 4.69) is 10.0 Å². The Morgan fingerprint density at radius 1 is 1.00 bits per heavy atom. The van der Waals surface area contributed by atoms with Crippen molar-refractivity contribution >= 4 is 0 Å². The van der Waals surface area contributed by atoms with Gasteiger partial charge in [0.15, 0.2) is 0 Å². The Balaban J connectivity index is 1.82. The van der Waals surface area contributed by atoms with E-state index >= 15 is 0 Å². The van der Waals surface area contributed by atoms with Crippen LogP contribution < -0.4 is 5.01 Å². The molecule has 1 radical (unpaired) electrons. The van der Waals surface area contributed by atoms with Gasteiger partial charge in [0.25, 0.3) is 0 Å². The van der Waals surface area contributed by atoms with Gasteiger partial charge in [-0.3, -0.25) is 0 Å². The first kappa shape index (κ1) is 7.53. The maximum absolute atomic E-state index is 5.29. The van der Waals surface area contributed by atoms with Crippen LogP contribution in [-0.4, -0.2) is 44.4 Å². The van der Waals surface area contributed by atoms with Crippen LogP contribution in [0.4, 0.5) is 0 Å². The summed E-state index contributed by atoms with van der Waals surface area (Å²) in [6, 6.07) is 0. The second-order valence-electron chi connectivity index (χ2n) is 3.23. The fraction of sp³-hybridized carbons (Fsp3) is 1.00. The Morgan fingerprint density at radius 3 is 2.27 bits per heavy atom. The first-order valence-corrected chi connectivity index (χ1v) is 4.54. The van der Waals surface area contributed by atoms with Gasteiger partial charge in [0, 0.05) is 12.8 Å². The highest BCUT2D eigenvalue weighted by atomic mass is 16.5. The normalized spacial score (nSPS) is 29.5. The molecule has 63 valence electrons. The van der Waals surface area contributed by atoms with Crippen molar-refractivity contribution in [1.29, 1.82) is 0 Å². The van der Waals surface area contributed by atoms with Gasteiger partial charge in [0.05, 0.1) is 26.3 Å². The lowest BCUT2D eigenvalue weighted by molar-refractivity contribution is -0.0271. The van der Waals surface area contributed by atoms with Gasteiger partial charge in [0.1, 0.15) is 13.1 Å². The molecule has 0 aromatic heterocycles. The molecule has 0 atom stereocenters. The van der Waals surface area contributed by atoms with Gasteiger partial charge in [-0.05, 0) is 0 Å². The maximum atomic E-state index is 5.29. The summed E-state index contributed by atoms with van der Waals surface area (Å²) in [5, 5.41) is 4.92. The molecule has 3 heteroatoms. The molecule has 0 aromatic carbocycles. The van der Waals surface area contributed by atoms with Gasteiger partial charge in [-0.2, -0.15) is 0 Å². The lowest BCUT2D eigenvalue weighted by atomic mass is 10.4. The quantitative estimate of drug-likeness (QED) is 0.504. The molecule has 2 saturated heterocycles. The minimum Gasteiger partial charge on any atom is -0.378 e. The number of hydrazine groups is 1. The van der Waals surface area contributed by atoms with Crippen molar-refractivity contribution < 1.29 is 4.74 Å². The van der Waals surface area contributed by atoms with Crippen LogP contribution in [0.25, 0.3) is 0 Å². The van der Waals surface area contributed by atoms with Crippen molar-refractivity contribution in [3.05, 3.63) is 0 Å². The minimum absolute atomic E-state index is 0.913. The third kappa shape index (κ3) is 1.72. The third-order valence-corrected chi connectivity index (χ3v) is 2.47. The molecular formula is C8H16N2O+. The van der Waals surface area contributed by atoms with Crippen LogP contribution in [0.15, 0.2) is 0 Å². The first-order chi connectivity index (χ1) is 5.47. The van der Waals surface area contributed by atoms with Crippen LogP contribution in [0.3, 0.4) is 0 Å². The summed E-state index contributed by atoms with van der Waals surface area (Å²) >= 11 is 0. The van der Waals surface area contributed by atoms with Crippen molar-refractivity contribution in [3.8, 4) is 0 Å². The Bertz CT molecular complexity index is 117. The van der Waals surface area contributed by atoms with Crippen LogP contribution in [0.5, 0.6) is 0 Å². The van der Waals surface area contributed by atoms with E-state index in [0.717, 1.165) is 26.3 Å². The van der Waals surface area contributed by atoms with Crippen LogP contribution in [0.1, 0.15) is 12.8 Å². The summed E-state index contributed by atoms with van der Waals surface area (Å²) in [6.07, 6.45) is 2.74. The molecule has 0 aromatic rings. The molecule has 0 unspecified atom stereocenters. The van der Waals surface area contributed by atoms with Crippen molar-refractivity contribution in [2.45, 2.75) is 12.8 Å². The monoisotopic (exact) mass is 156 g/mol. The Kier molecular flexibility index (Phi) is 2.41. The Labute approximate surface area is 67.9 Å². The minimum atomic E-state index is 0.913. The van der Waals surface area contributed by atoms with Crippen LogP contribution >= 0.6 is 0 Å². The third-order valence-electron chi connectivity index (χ3n) is 2.47. The second kappa shape index (κ2) is 3.52. The molecule has 2 aliphatic heterocycles. The van der Waals surface area contributed by atoms with E-state index in [4.69, 9.17) is 4.74 Å². The van der Waals surface area contributed by atoms with Gasteiger partial charge < -0.3 is 4.74 Å². The summed E-state index contributed by atoms with van der Waals surface area (Å²) in [5.74, 6) is 0. The van der Waals surface area contributed by atoms with E-state index in [-0.39, 0.29) is 0 Å². The lowest BCUT2D eigenvalue weighted by Gasteiger charge is -2.25. The zero-order valence-electron chi connectivity index (χ0n) is 6.96. The van der Waals surface area contributed by atoms with Gasteiger partial charge in [-0.1, -0.05) is 5.01 Å². The van der Waals surface area contributed by atoms with E-state index in [0.29, 0.717) is 0 Å². The van der Waals surface area contributed by atoms with E-state index in [1.807, 2.05) is 0 Å². The highest BCUT2D eigenvalue weighted by Crippen LogP contribution is 2.09. The Hall–Kier alpha value is -0.120. The molecule has 0 bridgehead atoms. The number of hydrogen-bond donors (Lipinski definition) is 0. The fourth-order valence-electron chi connectivity index (χ4n) is 1.82. The predicted molar refractivity (Wildman–Crippen MR) is 43.5 cm³/mol. The van der Waals surface area contributed by atoms with E-state index in [1.54, 1.807) is 0 Å². The van der Waals surface area contributed by atoms with Crippen molar-refractivity contribution in [2.75, 3.05) is 39.4 Å². The summed E-state index contributed by atoms with van der Waals surface area (Å²) in [4.78, 5) is 0. The van der Waals surface area contributed by atoms with Gasteiger partial charge in [-0.25, -0.2) is 0 Å². The highest BCUT2D eigenvalue weighted by Gasteiger charge is 2.30. The second-order valence-corrected chi connectivity index (χ2v) is 3.23. The van der Waals surface area contributed by atoms with Gasteiger partial charge >= 0.3 is 0 Å². The summed E-state index contributed by atoms with van der Waals surface area (Å²) < 4.78 is 5.29. The molecule has 0 spiro atoms. The average molecular weight is 156 g/mol. The smallest absolute Gasteiger partial charge is 0.145 e. The standard InChI is InChI=1S/C8H16N2O/c1-2-4-9(3-1)10-5-7-11-8-6-10/h1-8H2/q+1. The molecule has 0 amide bonds. The maximum Gasteiger partial charge on any atom is 0.145 e. The molecule has 2 fully saturated rings. The van der Waals surface area contributed by atoms with Crippen LogP contribution in [-0.2, 0) is 4.74 Å². The van der Waals surface area contributed by atoms with Crippen molar-refractivity contribution in [3.63, 3.8) is 0 Å². The molecule has 0 aliphatic carbocycles. The first-order valence-electron chi connectivity index (χ1n) is 4.54. The molecule has 3 nitrogen and oxygen atoms in total. The van der Waals surface area contributed by atoms with E-state index < -0.39 is 0 Å². The Morgan fingerprint density at radius 2 is 1.64 bits per heavy atom. The number of hydrogen-bond acceptors (Lipinski definition) is 3. The average Bonchev–Trinajstić information content (AvgIpc) is 2.58. The van der Waals surface area contributed by atoms with E-state index in [9.17, 15) is 0 Å². The zero-order chi connectivity index (χ0) is 7.52. The molecule has 11 heavy (non-hydrogen) atoms. The molecule has 2 heterocycles. The summed E-state index contributed by atoms with van der Waals surface area (Å²) in [7, 11) is 0. The molecular weight excluding hydrogens is 140 g/mol. The predicted octanol–water partition coefficient (Wildman–Crippen LogP) is 0.167. The number of ether oxygens (including phenoxy) is 1. The summed E-state index contributed by atoms with van der Waals surface area (Å²) in [6.45, 7) is 6.55. The molecule has 2 aliphatic rings. The fourth-order valence-corrected chi connectivity index (χ4v) is 1.82. The molecule has 0 saturated carbocycles. The van der Waals surface area contributed by atoms with Crippen LogP contribution in [0.2, 0.25) is 0 Å². The largest absolute Gasteiger partial charge is 0.378 e. The SMILES string of the molecule is C1CC[N+](N2CCOCC2)C1. The summed E-state index contributed by atoms with van der Waals surface area (Å²) in [5.41, 5.74) is 0. The van der Waals surface area contributed by atoms with Gasteiger partial charge in [0.2, 0.25) is 0 Å². The van der Waals surface area contributed by atoms with E-state index in [1.165, 1.54) is 25.9 Å². The van der Waals surface area contributed by atoms with Crippen molar-refractivity contribution in [2.24, 2.45) is 0 Å². The number of rotatable bonds is 1. The zero-order valence-corrected chi connectivity index (χ0v) is 6.96. The van der Waals surface area contributed by atoms with Crippen molar-refractivity contribution in [1.82, 2.24) is 10.0 Å². The molecule has 2 rings (SSSR count). The van der Waals surface area contributed by atoms with Gasteiger partial charge in [-0.15, -0.1) is 5.01 Å². The van der Waals surface area contributed by atoms with Crippen LogP contribution in [0, 0.1) is 0 Å². The highest BCUT2D eigenvalue weighted by molar-refractivity contribution is 4.71. The number of nitrogens with zero attached hydrogens (tertiary/aromatic N) is 2. The number of morpholine rings is 1. The molecule has 0 N–H and O–H groups in total.